The number of hydrogen-bond donors (Lipinski definition) is 1. The standard InChI is InChI=1S/C17H21N3O2S/c1-20-11-3-4-12(20)8-10(7-11)18-17(21)16-14-6-5-13(22-2)9-15(14)19-23-16/h5-6,9-12H,3-4,7-8H2,1-2H3,(H,18,21). The van der Waals surface area contributed by atoms with Crippen LogP contribution in [0.4, 0.5) is 0 Å². The Morgan fingerprint density at radius 1 is 1.35 bits per heavy atom. The van der Waals surface area contributed by atoms with Crippen molar-refractivity contribution in [2.45, 2.75) is 43.8 Å². The molecule has 3 heterocycles. The van der Waals surface area contributed by atoms with Crippen molar-refractivity contribution in [2.75, 3.05) is 14.2 Å². The Kier molecular flexibility index (Phi) is 3.73. The molecule has 23 heavy (non-hydrogen) atoms. The first-order valence-electron chi connectivity index (χ1n) is 8.12. The van der Waals surface area contributed by atoms with E-state index in [-0.39, 0.29) is 11.9 Å². The highest BCUT2D eigenvalue weighted by atomic mass is 32.1. The van der Waals surface area contributed by atoms with Crippen LogP contribution in [0.1, 0.15) is 35.4 Å². The third kappa shape index (κ3) is 2.60. The Morgan fingerprint density at radius 2 is 2.09 bits per heavy atom. The van der Waals surface area contributed by atoms with Gasteiger partial charge in [0.1, 0.15) is 10.6 Å². The predicted molar refractivity (Wildman–Crippen MR) is 91.2 cm³/mol. The van der Waals surface area contributed by atoms with Crippen LogP contribution in [0, 0.1) is 0 Å². The van der Waals surface area contributed by atoms with Gasteiger partial charge in [0, 0.05) is 29.6 Å². The van der Waals surface area contributed by atoms with Crippen LogP contribution in [0.15, 0.2) is 18.2 Å². The highest BCUT2D eigenvalue weighted by molar-refractivity contribution is 7.09. The maximum absolute atomic E-state index is 12.7. The number of carbonyl (C=O) groups excluding carboxylic acids is 1. The third-order valence-electron chi connectivity index (χ3n) is 5.32. The number of hydrogen-bond acceptors (Lipinski definition) is 5. The fourth-order valence-corrected chi connectivity index (χ4v) is 4.75. The summed E-state index contributed by atoms with van der Waals surface area (Å²) in [6.07, 6.45) is 4.64. The van der Waals surface area contributed by atoms with E-state index in [2.05, 4.69) is 21.6 Å². The summed E-state index contributed by atoms with van der Waals surface area (Å²) in [5.41, 5.74) is 0.822. The van der Waals surface area contributed by atoms with E-state index in [0.717, 1.165) is 29.5 Å². The molecule has 2 saturated heterocycles. The van der Waals surface area contributed by atoms with Gasteiger partial charge >= 0.3 is 0 Å². The minimum atomic E-state index is 0.0108. The lowest BCUT2D eigenvalue weighted by atomic mass is 9.98. The van der Waals surface area contributed by atoms with Gasteiger partial charge in [-0.1, -0.05) is 0 Å². The average molecular weight is 331 g/mol. The molecule has 0 saturated carbocycles. The van der Waals surface area contributed by atoms with Crippen LogP contribution in [-0.2, 0) is 0 Å². The van der Waals surface area contributed by atoms with E-state index in [4.69, 9.17) is 4.74 Å². The van der Waals surface area contributed by atoms with Crippen molar-refractivity contribution < 1.29 is 9.53 Å². The number of aromatic nitrogens is 1. The highest BCUT2D eigenvalue weighted by Gasteiger charge is 2.39. The van der Waals surface area contributed by atoms with Gasteiger partial charge in [-0.05, 0) is 56.4 Å². The number of carbonyl (C=O) groups is 1. The van der Waals surface area contributed by atoms with Gasteiger partial charge < -0.3 is 15.0 Å². The highest BCUT2D eigenvalue weighted by Crippen LogP contribution is 2.34. The molecule has 122 valence electrons. The van der Waals surface area contributed by atoms with Crippen LogP contribution in [0.25, 0.3) is 10.9 Å². The second-order valence-electron chi connectivity index (χ2n) is 6.59. The normalized spacial score (nSPS) is 27.3. The van der Waals surface area contributed by atoms with Crippen molar-refractivity contribution in [3.05, 3.63) is 23.1 Å². The molecular formula is C17H21N3O2S. The van der Waals surface area contributed by atoms with E-state index in [1.54, 1.807) is 7.11 Å². The molecule has 0 spiro atoms. The van der Waals surface area contributed by atoms with Crippen LogP contribution < -0.4 is 10.1 Å². The molecular weight excluding hydrogens is 310 g/mol. The molecule has 1 aromatic carbocycles. The molecule has 6 heteroatoms. The molecule has 2 aliphatic heterocycles. The summed E-state index contributed by atoms with van der Waals surface area (Å²) in [5.74, 6) is 0.776. The lowest BCUT2D eigenvalue weighted by molar-refractivity contribution is 0.0888. The Labute approximate surface area is 139 Å². The molecule has 2 atom stereocenters. The lowest BCUT2D eigenvalue weighted by Crippen LogP contribution is -2.48. The molecule has 1 aromatic heterocycles. The van der Waals surface area contributed by atoms with Crippen molar-refractivity contribution in [1.29, 1.82) is 0 Å². The summed E-state index contributed by atoms with van der Waals surface area (Å²) in [5, 5.41) is 4.14. The van der Waals surface area contributed by atoms with E-state index in [9.17, 15) is 4.79 Å². The van der Waals surface area contributed by atoms with Gasteiger partial charge in [0.25, 0.3) is 5.91 Å². The molecule has 1 amide bonds. The van der Waals surface area contributed by atoms with Crippen LogP contribution in [0.2, 0.25) is 0 Å². The fraction of sp³-hybridized carbons (Fsp3) is 0.529. The molecule has 1 N–H and O–H groups in total. The summed E-state index contributed by atoms with van der Waals surface area (Å²) >= 11 is 1.27. The second kappa shape index (κ2) is 5.76. The van der Waals surface area contributed by atoms with Crippen molar-refractivity contribution >= 4 is 28.3 Å². The molecule has 2 unspecified atom stereocenters. The minimum Gasteiger partial charge on any atom is -0.497 e. The van der Waals surface area contributed by atoms with Gasteiger partial charge in [-0.15, -0.1) is 0 Å². The van der Waals surface area contributed by atoms with Crippen LogP contribution in [-0.4, -0.2) is 47.5 Å². The number of piperidine rings is 1. The lowest BCUT2D eigenvalue weighted by Gasteiger charge is -2.36. The maximum atomic E-state index is 12.7. The monoisotopic (exact) mass is 331 g/mol. The van der Waals surface area contributed by atoms with Crippen molar-refractivity contribution in [3.8, 4) is 5.75 Å². The van der Waals surface area contributed by atoms with E-state index < -0.39 is 0 Å². The van der Waals surface area contributed by atoms with Gasteiger partial charge in [0.15, 0.2) is 0 Å². The first-order valence-corrected chi connectivity index (χ1v) is 8.89. The van der Waals surface area contributed by atoms with E-state index >= 15 is 0 Å². The van der Waals surface area contributed by atoms with E-state index in [1.165, 1.54) is 24.4 Å². The van der Waals surface area contributed by atoms with Crippen LogP contribution in [0.3, 0.4) is 0 Å². The number of nitrogens with zero attached hydrogens (tertiary/aromatic N) is 2. The second-order valence-corrected chi connectivity index (χ2v) is 7.36. The SMILES string of the molecule is COc1ccc2c(C(=O)NC3CC4CCC(C3)N4C)snc2c1. The zero-order chi connectivity index (χ0) is 16.0. The fourth-order valence-electron chi connectivity index (χ4n) is 3.99. The number of amides is 1. The third-order valence-corrected chi connectivity index (χ3v) is 6.20. The largest absolute Gasteiger partial charge is 0.497 e. The zero-order valence-electron chi connectivity index (χ0n) is 13.4. The average Bonchev–Trinajstić information content (AvgIpc) is 3.04. The van der Waals surface area contributed by atoms with Gasteiger partial charge in [-0.3, -0.25) is 4.79 Å². The van der Waals surface area contributed by atoms with Crippen molar-refractivity contribution in [3.63, 3.8) is 0 Å². The van der Waals surface area contributed by atoms with Gasteiger partial charge in [0.2, 0.25) is 0 Å². The van der Waals surface area contributed by atoms with Gasteiger partial charge in [-0.2, -0.15) is 4.37 Å². The van der Waals surface area contributed by atoms with Gasteiger partial charge in [0.05, 0.1) is 12.6 Å². The summed E-state index contributed by atoms with van der Waals surface area (Å²) in [7, 11) is 3.85. The van der Waals surface area contributed by atoms with Crippen molar-refractivity contribution in [2.24, 2.45) is 0 Å². The first-order chi connectivity index (χ1) is 11.2. The Bertz CT molecular complexity index is 731. The smallest absolute Gasteiger partial charge is 0.263 e. The zero-order valence-corrected chi connectivity index (χ0v) is 14.2. The topological polar surface area (TPSA) is 54.5 Å². The number of fused-ring (bicyclic) bond motifs is 3. The molecule has 2 aliphatic rings. The number of nitrogens with one attached hydrogen (secondary N) is 1. The first kappa shape index (κ1) is 14.9. The van der Waals surface area contributed by atoms with Crippen molar-refractivity contribution in [1.82, 2.24) is 14.6 Å². The molecule has 0 radical (unpaired) electrons. The molecule has 0 aliphatic carbocycles. The Hall–Kier alpha value is -1.66. The molecule has 4 rings (SSSR count). The van der Waals surface area contributed by atoms with E-state index in [1.807, 2.05) is 18.2 Å². The molecule has 2 aromatic rings. The Balaban J connectivity index is 1.51. The molecule has 5 nitrogen and oxygen atoms in total. The van der Waals surface area contributed by atoms with E-state index in [0.29, 0.717) is 17.0 Å². The van der Waals surface area contributed by atoms with Crippen LogP contribution >= 0.6 is 11.5 Å². The summed E-state index contributed by atoms with van der Waals surface area (Å²) in [6.45, 7) is 0. The summed E-state index contributed by atoms with van der Waals surface area (Å²) in [4.78, 5) is 15.9. The van der Waals surface area contributed by atoms with Crippen LogP contribution in [0.5, 0.6) is 5.75 Å². The Morgan fingerprint density at radius 3 is 2.78 bits per heavy atom. The number of methoxy groups -OCH3 is 1. The summed E-state index contributed by atoms with van der Waals surface area (Å²) < 4.78 is 9.60. The molecule has 2 fully saturated rings. The predicted octanol–water partition coefficient (Wildman–Crippen LogP) is 2.66. The number of ether oxygens (including phenoxy) is 1. The molecule has 2 bridgehead atoms. The number of benzene rings is 1. The summed E-state index contributed by atoms with van der Waals surface area (Å²) in [6, 6.07) is 7.21. The maximum Gasteiger partial charge on any atom is 0.263 e. The number of rotatable bonds is 3. The minimum absolute atomic E-state index is 0.0108. The van der Waals surface area contributed by atoms with Gasteiger partial charge in [-0.25, -0.2) is 0 Å². The quantitative estimate of drug-likeness (QED) is 0.939.